The molecule has 2 amide bonds. The van der Waals surface area contributed by atoms with E-state index in [4.69, 9.17) is 17.3 Å². The van der Waals surface area contributed by atoms with E-state index in [1.54, 1.807) is 30.4 Å². The monoisotopic (exact) mass is 486 g/mol. The molecular formula is C25H31ClN4O4. The summed E-state index contributed by atoms with van der Waals surface area (Å²) in [6, 6.07) is 2.91. The minimum absolute atomic E-state index is 0.125. The van der Waals surface area contributed by atoms with Crippen LogP contribution in [0.15, 0.2) is 54.3 Å². The smallest absolute Gasteiger partial charge is 0.330 e. The molecule has 2 heterocycles. The number of esters is 1. The minimum Gasteiger partial charge on any atom is -0.466 e. The highest BCUT2D eigenvalue weighted by Crippen LogP contribution is 2.35. The standard InChI is InChI=1S/C25H31ClN4O4/c1-16(2)30-12-10-18(11-13-30)23(32)29-21-7-4-17(5-9-22(31)34-3)14-25(21,24(27)33)20-8-6-19(26)15-28-20/h4-9,14-16,18,21H,10-13H2,1-3H3,(H2,27,33)(H,29,32). The van der Waals surface area contributed by atoms with E-state index in [-0.39, 0.29) is 11.8 Å². The van der Waals surface area contributed by atoms with Crippen LogP contribution in [0, 0.1) is 5.92 Å². The fraction of sp³-hybridized carbons (Fsp3) is 0.440. The highest BCUT2D eigenvalue weighted by atomic mass is 35.5. The molecule has 1 aromatic rings. The average molecular weight is 487 g/mol. The Morgan fingerprint density at radius 3 is 2.56 bits per heavy atom. The topological polar surface area (TPSA) is 115 Å². The Labute approximate surface area is 204 Å². The van der Waals surface area contributed by atoms with Crippen molar-refractivity contribution in [1.29, 1.82) is 0 Å². The molecule has 0 spiro atoms. The van der Waals surface area contributed by atoms with Gasteiger partial charge >= 0.3 is 5.97 Å². The molecule has 0 aromatic carbocycles. The predicted molar refractivity (Wildman–Crippen MR) is 130 cm³/mol. The molecule has 1 aliphatic carbocycles. The Morgan fingerprint density at radius 1 is 1.29 bits per heavy atom. The van der Waals surface area contributed by atoms with Gasteiger partial charge in [0, 0.05) is 24.2 Å². The van der Waals surface area contributed by atoms with Crippen LogP contribution >= 0.6 is 11.6 Å². The molecular weight excluding hydrogens is 456 g/mol. The molecule has 0 bridgehead atoms. The SMILES string of the molecule is COC(=O)C=CC1=CC(C(N)=O)(c2ccc(Cl)cn2)C(NC(=O)C2CCN(C(C)C)CC2)C=C1. The van der Waals surface area contributed by atoms with E-state index in [0.717, 1.165) is 25.9 Å². The van der Waals surface area contributed by atoms with Crippen LogP contribution in [-0.4, -0.2) is 60.0 Å². The number of methoxy groups -OCH3 is 1. The maximum absolute atomic E-state index is 13.2. The van der Waals surface area contributed by atoms with Crippen molar-refractivity contribution in [3.63, 3.8) is 0 Å². The number of nitrogens with two attached hydrogens (primary N) is 1. The highest BCUT2D eigenvalue weighted by molar-refractivity contribution is 6.30. The normalized spacial score (nSPS) is 23.7. The predicted octanol–water partition coefficient (Wildman–Crippen LogP) is 2.29. The molecule has 0 radical (unpaired) electrons. The third-order valence-corrected chi connectivity index (χ3v) is 6.69. The van der Waals surface area contributed by atoms with E-state index < -0.39 is 23.3 Å². The number of ether oxygens (including phenoxy) is 1. The van der Waals surface area contributed by atoms with Gasteiger partial charge in [-0.3, -0.25) is 14.6 Å². The minimum atomic E-state index is -1.47. The summed E-state index contributed by atoms with van der Waals surface area (Å²) >= 11 is 6.02. The fourth-order valence-electron chi connectivity index (χ4n) is 4.41. The van der Waals surface area contributed by atoms with Crippen LogP contribution in [-0.2, 0) is 24.5 Å². The lowest BCUT2D eigenvalue weighted by Gasteiger charge is -2.39. The van der Waals surface area contributed by atoms with Crippen molar-refractivity contribution >= 4 is 29.4 Å². The van der Waals surface area contributed by atoms with Crippen molar-refractivity contribution in [2.45, 2.75) is 44.2 Å². The highest BCUT2D eigenvalue weighted by Gasteiger charge is 2.47. The number of hydrogen-bond acceptors (Lipinski definition) is 6. The van der Waals surface area contributed by atoms with E-state index in [1.807, 2.05) is 0 Å². The Kier molecular flexibility index (Phi) is 8.28. The molecule has 1 saturated heterocycles. The van der Waals surface area contributed by atoms with Crippen LogP contribution in [0.5, 0.6) is 0 Å². The van der Waals surface area contributed by atoms with E-state index in [1.165, 1.54) is 25.5 Å². The zero-order chi connectivity index (χ0) is 24.9. The van der Waals surface area contributed by atoms with Crippen molar-refractivity contribution < 1.29 is 19.1 Å². The zero-order valence-electron chi connectivity index (χ0n) is 19.7. The number of likely N-dealkylation sites (tertiary alicyclic amines) is 1. The average Bonchev–Trinajstić information content (AvgIpc) is 2.83. The van der Waals surface area contributed by atoms with Crippen molar-refractivity contribution in [3.05, 3.63) is 65.0 Å². The van der Waals surface area contributed by atoms with Gasteiger partial charge in [-0.05, 0) is 63.6 Å². The molecule has 8 nitrogen and oxygen atoms in total. The second kappa shape index (κ2) is 11.0. The number of aromatic nitrogens is 1. The lowest BCUT2D eigenvalue weighted by Crippen LogP contribution is -2.58. The summed E-state index contributed by atoms with van der Waals surface area (Å²) in [5.41, 5.74) is 5.38. The van der Waals surface area contributed by atoms with Crippen molar-refractivity contribution in [2.75, 3.05) is 20.2 Å². The van der Waals surface area contributed by atoms with E-state index in [2.05, 4.69) is 33.8 Å². The third-order valence-electron chi connectivity index (χ3n) is 6.47. The number of amides is 2. The van der Waals surface area contributed by atoms with Gasteiger partial charge in [-0.15, -0.1) is 0 Å². The molecule has 2 unspecified atom stereocenters. The Bertz CT molecular complexity index is 1010. The first-order valence-corrected chi connectivity index (χ1v) is 11.7. The van der Waals surface area contributed by atoms with Gasteiger partial charge in [0.25, 0.3) is 0 Å². The molecule has 34 heavy (non-hydrogen) atoms. The summed E-state index contributed by atoms with van der Waals surface area (Å²) in [6.07, 6.45) is 10.7. The van der Waals surface area contributed by atoms with E-state index >= 15 is 0 Å². The lowest BCUT2D eigenvalue weighted by molar-refractivity contribution is -0.135. The number of rotatable bonds is 7. The van der Waals surface area contributed by atoms with Crippen LogP contribution < -0.4 is 11.1 Å². The number of carbonyl (C=O) groups is 3. The van der Waals surface area contributed by atoms with Crippen LogP contribution in [0.4, 0.5) is 0 Å². The van der Waals surface area contributed by atoms with Crippen LogP contribution in [0.3, 0.4) is 0 Å². The quantitative estimate of drug-likeness (QED) is 0.451. The summed E-state index contributed by atoms with van der Waals surface area (Å²) in [5, 5.41) is 3.44. The van der Waals surface area contributed by atoms with Gasteiger partial charge < -0.3 is 20.7 Å². The van der Waals surface area contributed by atoms with Crippen molar-refractivity contribution in [1.82, 2.24) is 15.2 Å². The number of pyridine rings is 1. The Balaban J connectivity index is 1.93. The molecule has 1 fully saturated rings. The molecule has 1 aromatic heterocycles. The lowest BCUT2D eigenvalue weighted by atomic mass is 9.71. The van der Waals surface area contributed by atoms with Gasteiger partial charge in [-0.1, -0.05) is 29.8 Å². The molecule has 2 atom stereocenters. The first kappa shape index (κ1) is 25.6. The number of nitrogens with zero attached hydrogens (tertiary/aromatic N) is 2. The van der Waals surface area contributed by atoms with Crippen LogP contribution in [0.1, 0.15) is 32.4 Å². The van der Waals surface area contributed by atoms with E-state index in [9.17, 15) is 14.4 Å². The van der Waals surface area contributed by atoms with Gasteiger partial charge in [-0.25, -0.2) is 4.79 Å². The van der Waals surface area contributed by atoms with Gasteiger partial charge in [0.2, 0.25) is 11.8 Å². The van der Waals surface area contributed by atoms with Crippen LogP contribution in [0.2, 0.25) is 5.02 Å². The Hall–Kier alpha value is -2.97. The molecule has 1 aliphatic heterocycles. The number of primary amides is 1. The molecule has 2 aliphatic rings. The number of allylic oxidation sites excluding steroid dienone is 3. The summed E-state index contributed by atoms with van der Waals surface area (Å²) in [7, 11) is 1.28. The molecule has 182 valence electrons. The maximum Gasteiger partial charge on any atom is 0.330 e. The number of carbonyl (C=O) groups excluding carboxylic acids is 3. The van der Waals surface area contributed by atoms with Crippen molar-refractivity contribution in [3.8, 4) is 0 Å². The van der Waals surface area contributed by atoms with Crippen LogP contribution in [0.25, 0.3) is 0 Å². The number of nitrogens with one attached hydrogen (secondary N) is 1. The van der Waals surface area contributed by atoms with E-state index in [0.29, 0.717) is 22.3 Å². The van der Waals surface area contributed by atoms with Gasteiger partial charge in [0.1, 0.15) is 5.41 Å². The summed E-state index contributed by atoms with van der Waals surface area (Å²) in [4.78, 5) is 44.5. The van der Waals surface area contributed by atoms with Gasteiger partial charge in [0.15, 0.2) is 0 Å². The molecule has 9 heteroatoms. The zero-order valence-corrected chi connectivity index (χ0v) is 20.4. The number of halogens is 1. The fourth-order valence-corrected chi connectivity index (χ4v) is 4.52. The molecule has 3 rings (SSSR count). The second-order valence-corrected chi connectivity index (χ2v) is 9.28. The third kappa shape index (κ3) is 5.56. The molecule has 3 N–H and O–H groups in total. The summed E-state index contributed by atoms with van der Waals surface area (Å²) in [6.45, 7) is 5.98. The Morgan fingerprint density at radius 2 is 2.00 bits per heavy atom. The maximum atomic E-state index is 13.2. The van der Waals surface area contributed by atoms with Crippen molar-refractivity contribution in [2.24, 2.45) is 11.7 Å². The first-order chi connectivity index (χ1) is 16.2. The summed E-state index contributed by atoms with van der Waals surface area (Å²) < 4.78 is 4.65. The largest absolute Gasteiger partial charge is 0.466 e. The molecule has 0 saturated carbocycles. The van der Waals surface area contributed by atoms with Gasteiger partial charge in [-0.2, -0.15) is 0 Å². The first-order valence-electron chi connectivity index (χ1n) is 11.3. The summed E-state index contributed by atoms with van der Waals surface area (Å²) in [5.74, 6) is -1.50. The number of hydrogen-bond donors (Lipinski definition) is 2. The van der Waals surface area contributed by atoms with Gasteiger partial charge in [0.05, 0.1) is 23.9 Å². The second-order valence-electron chi connectivity index (χ2n) is 8.85. The number of piperidine rings is 1.